The molecule has 17 heavy (non-hydrogen) atoms. The van der Waals surface area contributed by atoms with Gasteiger partial charge in [0.05, 0.1) is 13.0 Å². The Bertz CT molecular complexity index is 275. The van der Waals surface area contributed by atoms with Crippen molar-refractivity contribution in [2.24, 2.45) is 11.3 Å². The van der Waals surface area contributed by atoms with Crippen LogP contribution in [0.15, 0.2) is 0 Å². The molecular weight excluding hydrogens is 216 g/mol. The summed E-state index contributed by atoms with van der Waals surface area (Å²) >= 11 is 0. The summed E-state index contributed by atoms with van der Waals surface area (Å²) in [6.45, 7) is 7.28. The summed E-state index contributed by atoms with van der Waals surface area (Å²) < 4.78 is 5.02. The maximum atomic E-state index is 12.0. The molecule has 4 nitrogen and oxygen atoms in total. The summed E-state index contributed by atoms with van der Waals surface area (Å²) in [7, 11) is 1.52. The van der Waals surface area contributed by atoms with E-state index in [4.69, 9.17) is 4.74 Å². The number of hydrogen-bond donors (Lipinski definition) is 1. The first-order valence-corrected chi connectivity index (χ1v) is 6.73. The predicted octanol–water partition coefficient (Wildman–Crippen LogP) is 0.871. The number of carbonyl (C=O) groups excluding carboxylic acids is 1. The third kappa shape index (κ3) is 2.47. The molecule has 1 N–H and O–H groups in total. The summed E-state index contributed by atoms with van der Waals surface area (Å²) in [6, 6.07) is 0. The van der Waals surface area contributed by atoms with Gasteiger partial charge in [-0.15, -0.1) is 0 Å². The number of nitrogens with zero attached hydrogens (tertiary/aromatic N) is 1. The zero-order valence-electron chi connectivity index (χ0n) is 11.0. The SMILES string of the molecule is CCN1CCC2(CCNCC2)C(C(=O)OC)C1. The van der Waals surface area contributed by atoms with Crippen LogP contribution >= 0.6 is 0 Å². The highest BCUT2D eigenvalue weighted by Crippen LogP contribution is 2.44. The molecule has 0 radical (unpaired) electrons. The van der Waals surface area contributed by atoms with E-state index in [1.54, 1.807) is 0 Å². The minimum Gasteiger partial charge on any atom is -0.469 e. The smallest absolute Gasteiger partial charge is 0.310 e. The lowest BCUT2D eigenvalue weighted by molar-refractivity contribution is -0.155. The lowest BCUT2D eigenvalue weighted by atomic mass is 9.64. The Morgan fingerprint density at radius 1 is 1.41 bits per heavy atom. The average molecular weight is 240 g/mol. The molecule has 0 aromatic rings. The standard InChI is InChI=1S/C13H24N2O2/c1-3-15-9-6-13(4-7-14-8-5-13)11(10-15)12(16)17-2/h11,14H,3-10H2,1-2H3. The highest BCUT2D eigenvalue weighted by molar-refractivity contribution is 5.73. The number of nitrogens with one attached hydrogen (secondary N) is 1. The number of esters is 1. The van der Waals surface area contributed by atoms with Crippen LogP contribution in [0.4, 0.5) is 0 Å². The number of hydrogen-bond acceptors (Lipinski definition) is 4. The van der Waals surface area contributed by atoms with Gasteiger partial charge in [-0.2, -0.15) is 0 Å². The van der Waals surface area contributed by atoms with Crippen LogP contribution in [-0.2, 0) is 9.53 Å². The zero-order valence-corrected chi connectivity index (χ0v) is 11.0. The van der Waals surface area contributed by atoms with Crippen molar-refractivity contribution in [1.82, 2.24) is 10.2 Å². The highest BCUT2D eigenvalue weighted by Gasteiger charge is 2.47. The molecule has 2 aliphatic rings. The number of methoxy groups -OCH3 is 1. The maximum absolute atomic E-state index is 12.0. The van der Waals surface area contributed by atoms with Crippen LogP contribution in [0.5, 0.6) is 0 Å². The largest absolute Gasteiger partial charge is 0.469 e. The second-order valence-electron chi connectivity index (χ2n) is 5.33. The topological polar surface area (TPSA) is 41.6 Å². The van der Waals surface area contributed by atoms with Crippen molar-refractivity contribution in [3.8, 4) is 0 Å². The van der Waals surface area contributed by atoms with Crippen LogP contribution in [0, 0.1) is 11.3 Å². The Labute approximate surface area is 104 Å². The molecule has 1 spiro atoms. The van der Waals surface area contributed by atoms with Gasteiger partial charge in [0.25, 0.3) is 0 Å². The van der Waals surface area contributed by atoms with Crippen molar-refractivity contribution < 1.29 is 9.53 Å². The van der Waals surface area contributed by atoms with E-state index in [1.807, 2.05) is 0 Å². The van der Waals surface area contributed by atoms with Gasteiger partial charge < -0.3 is 15.0 Å². The maximum Gasteiger partial charge on any atom is 0.310 e. The van der Waals surface area contributed by atoms with E-state index in [2.05, 4.69) is 17.1 Å². The lowest BCUT2D eigenvalue weighted by Crippen LogP contribution is -2.54. The normalized spacial score (nSPS) is 29.2. The first-order valence-electron chi connectivity index (χ1n) is 6.73. The average Bonchev–Trinajstić information content (AvgIpc) is 2.39. The second-order valence-corrected chi connectivity index (χ2v) is 5.33. The van der Waals surface area contributed by atoms with Gasteiger partial charge in [-0.1, -0.05) is 6.92 Å². The van der Waals surface area contributed by atoms with Crippen molar-refractivity contribution in [2.75, 3.05) is 39.8 Å². The van der Waals surface area contributed by atoms with E-state index in [0.29, 0.717) is 0 Å². The van der Waals surface area contributed by atoms with Crippen molar-refractivity contribution in [1.29, 1.82) is 0 Å². The van der Waals surface area contributed by atoms with Crippen LogP contribution in [0.3, 0.4) is 0 Å². The van der Waals surface area contributed by atoms with Crippen molar-refractivity contribution in [3.63, 3.8) is 0 Å². The van der Waals surface area contributed by atoms with Crippen LogP contribution in [0.2, 0.25) is 0 Å². The molecule has 98 valence electrons. The number of rotatable bonds is 2. The molecule has 2 saturated heterocycles. The molecule has 0 aromatic carbocycles. The number of likely N-dealkylation sites (tertiary alicyclic amines) is 1. The second kappa shape index (κ2) is 5.36. The van der Waals surface area contributed by atoms with Crippen LogP contribution < -0.4 is 5.32 Å². The molecule has 2 fully saturated rings. The van der Waals surface area contributed by atoms with Gasteiger partial charge >= 0.3 is 5.97 Å². The van der Waals surface area contributed by atoms with Gasteiger partial charge in [0.2, 0.25) is 0 Å². The van der Waals surface area contributed by atoms with E-state index in [-0.39, 0.29) is 17.3 Å². The first-order chi connectivity index (χ1) is 8.22. The molecule has 0 saturated carbocycles. The Balaban J connectivity index is 2.14. The van der Waals surface area contributed by atoms with E-state index in [0.717, 1.165) is 52.0 Å². The Hall–Kier alpha value is -0.610. The van der Waals surface area contributed by atoms with Crippen LogP contribution in [-0.4, -0.2) is 50.7 Å². The fourth-order valence-corrected chi connectivity index (χ4v) is 3.38. The summed E-state index contributed by atoms with van der Waals surface area (Å²) in [5.41, 5.74) is 0.198. The van der Waals surface area contributed by atoms with Gasteiger partial charge in [-0.3, -0.25) is 4.79 Å². The molecule has 1 unspecified atom stereocenters. The molecular formula is C13H24N2O2. The van der Waals surface area contributed by atoms with E-state index < -0.39 is 0 Å². The minimum atomic E-state index is -0.00921. The zero-order chi connectivity index (χ0) is 12.3. The van der Waals surface area contributed by atoms with E-state index in [9.17, 15) is 4.79 Å². The van der Waals surface area contributed by atoms with Crippen LogP contribution in [0.1, 0.15) is 26.2 Å². The molecule has 0 aliphatic carbocycles. The molecule has 0 aromatic heterocycles. The summed E-state index contributed by atoms with van der Waals surface area (Å²) in [5, 5.41) is 3.39. The van der Waals surface area contributed by atoms with Gasteiger partial charge in [0.15, 0.2) is 0 Å². The fraction of sp³-hybridized carbons (Fsp3) is 0.923. The van der Waals surface area contributed by atoms with Crippen molar-refractivity contribution in [2.45, 2.75) is 26.2 Å². The van der Waals surface area contributed by atoms with Gasteiger partial charge in [0.1, 0.15) is 0 Å². The monoisotopic (exact) mass is 240 g/mol. The fourth-order valence-electron chi connectivity index (χ4n) is 3.38. The van der Waals surface area contributed by atoms with E-state index >= 15 is 0 Å². The number of piperidine rings is 2. The quantitative estimate of drug-likeness (QED) is 0.727. The molecule has 0 bridgehead atoms. The van der Waals surface area contributed by atoms with Gasteiger partial charge in [-0.25, -0.2) is 0 Å². The minimum absolute atomic E-state index is 0.00921. The number of ether oxygens (including phenoxy) is 1. The molecule has 2 rings (SSSR count). The third-order valence-corrected chi connectivity index (χ3v) is 4.64. The molecule has 2 heterocycles. The summed E-state index contributed by atoms with van der Waals surface area (Å²) in [6.07, 6.45) is 3.37. The van der Waals surface area contributed by atoms with Crippen molar-refractivity contribution in [3.05, 3.63) is 0 Å². The van der Waals surface area contributed by atoms with Crippen LogP contribution in [0.25, 0.3) is 0 Å². The lowest BCUT2D eigenvalue weighted by Gasteiger charge is -2.48. The molecule has 0 amide bonds. The van der Waals surface area contributed by atoms with Gasteiger partial charge in [0, 0.05) is 6.54 Å². The third-order valence-electron chi connectivity index (χ3n) is 4.64. The summed E-state index contributed by atoms with van der Waals surface area (Å²) in [4.78, 5) is 14.4. The Kier molecular flexibility index (Phi) is 4.05. The Morgan fingerprint density at radius 3 is 2.71 bits per heavy atom. The van der Waals surface area contributed by atoms with E-state index in [1.165, 1.54) is 7.11 Å². The molecule has 1 atom stereocenters. The molecule has 4 heteroatoms. The molecule has 2 aliphatic heterocycles. The van der Waals surface area contributed by atoms with Gasteiger partial charge in [-0.05, 0) is 50.9 Å². The summed E-state index contributed by atoms with van der Waals surface area (Å²) in [5.74, 6) is 0.0633. The first kappa shape index (κ1) is 12.8. The Morgan fingerprint density at radius 2 is 2.12 bits per heavy atom. The predicted molar refractivity (Wildman–Crippen MR) is 66.8 cm³/mol. The van der Waals surface area contributed by atoms with Crippen molar-refractivity contribution >= 4 is 5.97 Å². The number of carbonyl (C=O) groups is 1. The highest BCUT2D eigenvalue weighted by atomic mass is 16.5.